The molecule has 1 rings (SSSR count). The first-order valence-electron chi connectivity index (χ1n) is 6.20. The van der Waals surface area contributed by atoms with Crippen LogP contribution in [-0.4, -0.2) is 35.2 Å². The van der Waals surface area contributed by atoms with E-state index in [1.54, 1.807) is 12.1 Å². The lowest BCUT2D eigenvalue weighted by molar-refractivity contribution is -0.136. The molecule has 0 saturated carbocycles. The third-order valence-electron chi connectivity index (χ3n) is 2.66. The summed E-state index contributed by atoms with van der Waals surface area (Å²) >= 11 is 0. The largest absolute Gasteiger partial charge is 0.481 e. The molecule has 1 aromatic carbocycles. The fraction of sp³-hybridized carbons (Fsp3) is 0.429. The van der Waals surface area contributed by atoms with Crippen molar-refractivity contribution in [2.75, 3.05) is 18.0 Å². The quantitative estimate of drug-likeness (QED) is 0.791. The number of hydrogen-bond acceptors (Lipinski definition) is 3. The molecule has 0 spiro atoms. The van der Waals surface area contributed by atoms with Crippen LogP contribution in [-0.2, 0) is 4.79 Å². The number of aliphatic carboxylic acids is 1. The molecule has 0 fully saturated rings. The van der Waals surface area contributed by atoms with Crippen molar-refractivity contribution in [2.45, 2.75) is 20.3 Å². The van der Waals surface area contributed by atoms with Gasteiger partial charge in [-0.2, -0.15) is 0 Å². The lowest BCUT2D eigenvalue weighted by Gasteiger charge is -2.26. The lowest BCUT2D eigenvalue weighted by Crippen LogP contribution is -2.30. The van der Waals surface area contributed by atoms with Gasteiger partial charge in [-0.25, -0.2) is 4.79 Å². The molecule has 0 atom stereocenters. The monoisotopic (exact) mass is 265 g/mol. The second-order valence-corrected chi connectivity index (χ2v) is 4.84. The van der Waals surface area contributed by atoms with Gasteiger partial charge in [0.05, 0.1) is 12.0 Å². The highest BCUT2D eigenvalue weighted by molar-refractivity contribution is 5.88. The Bertz CT molecular complexity index is 439. The number of nitrogens with zero attached hydrogens (tertiary/aromatic N) is 1. The molecule has 0 bridgehead atoms. The summed E-state index contributed by atoms with van der Waals surface area (Å²) in [6, 6.07) is 6.50. The number of aromatic carboxylic acids is 1. The molecular formula is C14H19NO4. The summed E-state index contributed by atoms with van der Waals surface area (Å²) in [5, 5.41) is 17.6. The van der Waals surface area contributed by atoms with Crippen LogP contribution in [0, 0.1) is 5.92 Å². The minimum atomic E-state index is -0.965. The Hall–Kier alpha value is -2.04. The standard InChI is InChI=1S/C14H19NO4/c1-10(2)9-15(8-7-13(16)17)12-5-3-11(4-6-12)14(18)19/h3-6,10H,7-9H2,1-2H3,(H,16,17)(H,18,19). The molecular weight excluding hydrogens is 246 g/mol. The fourth-order valence-electron chi connectivity index (χ4n) is 1.81. The Morgan fingerprint density at radius 1 is 1.16 bits per heavy atom. The molecule has 0 aliphatic heterocycles. The summed E-state index contributed by atoms with van der Waals surface area (Å²) in [5.41, 5.74) is 1.08. The van der Waals surface area contributed by atoms with Crippen LogP contribution >= 0.6 is 0 Å². The zero-order valence-electron chi connectivity index (χ0n) is 11.2. The second kappa shape index (κ2) is 6.78. The van der Waals surface area contributed by atoms with Crippen LogP contribution in [0.3, 0.4) is 0 Å². The van der Waals surface area contributed by atoms with Crippen LogP contribution in [0.5, 0.6) is 0 Å². The summed E-state index contributed by atoms with van der Waals surface area (Å²) in [4.78, 5) is 23.4. The van der Waals surface area contributed by atoms with Gasteiger partial charge < -0.3 is 15.1 Å². The van der Waals surface area contributed by atoms with E-state index in [9.17, 15) is 9.59 Å². The topological polar surface area (TPSA) is 77.8 Å². The van der Waals surface area contributed by atoms with Gasteiger partial charge >= 0.3 is 11.9 Å². The predicted octanol–water partition coefficient (Wildman–Crippen LogP) is 2.32. The van der Waals surface area contributed by atoms with Crippen LogP contribution in [0.15, 0.2) is 24.3 Å². The Morgan fingerprint density at radius 3 is 2.16 bits per heavy atom. The van der Waals surface area contributed by atoms with Crippen LogP contribution in [0.1, 0.15) is 30.6 Å². The van der Waals surface area contributed by atoms with Gasteiger partial charge in [0.15, 0.2) is 0 Å². The molecule has 0 saturated heterocycles. The van der Waals surface area contributed by atoms with E-state index in [2.05, 4.69) is 13.8 Å². The van der Waals surface area contributed by atoms with Crippen LogP contribution < -0.4 is 4.90 Å². The molecule has 1 aromatic rings. The third kappa shape index (κ3) is 4.99. The molecule has 0 aliphatic carbocycles. The van der Waals surface area contributed by atoms with Gasteiger partial charge in [-0.05, 0) is 30.2 Å². The normalized spacial score (nSPS) is 10.5. The highest BCUT2D eigenvalue weighted by Gasteiger charge is 2.11. The smallest absolute Gasteiger partial charge is 0.335 e. The highest BCUT2D eigenvalue weighted by atomic mass is 16.4. The Kier molecular flexibility index (Phi) is 5.36. The molecule has 0 aliphatic rings. The lowest BCUT2D eigenvalue weighted by atomic mass is 10.1. The molecule has 5 heteroatoms. The summed E-state index contributed by atoms with van der Waals surface area (Å²) < 4.78 is 0. The summed E-state index contributed by atoms with van der Waals surface area (Å²) in [6.07, 6.45) is 0.0629. The Morgan fingerprint density at radius 2 is 1.74 bits per heavy atom. The number of carboxylic acids is 2. The van der Waals surface area contributed by atoms with Gasteiger partial charge in [-0.15, -0.1) is 0 Å². The zero-order valence-corrected chi connectivity index (χ0v) is 11.2. The van der Waals surface area contributed by atoms with Gasteiger partial charge in [0.2, 0.25) is 0 Å². The van der Waals surface area contributed by atoms with Gasteiger partial charge in [-0.3, -0.25) is 4.79 Å². The minimum absolute atomic E-state index is 0.0629. The molecule has 0 heterocycles. The van der Waals surface area contributed by atoms with E-state index in [0.29, 0.717) is 12.5 Å². The summed E-state index contributed by atoms with van der Waals surface area (Å²) in [5.74, 6) is -1.41. The van der Waals surface area contributed by atoms with Crippen molar-refractivity contribution in [1.82, 2.24) is 0 Å². The minimum Gasteiger partial charge on any atom is -0.481 e. The molecule has 19 heavy (non-hydrogen) atoms. The molecule has 5 nitrogen and oxygen atoms in total. The maximum atomic E-state index is 10.8. The first kappa shape index (κ1) is 15.0. The van der Waals surface area contributed by atoms with Crippen LogP contribution in [0.2, 0.25) is 0 Å². The van der Waals surface area contributed by atoms with Crippen molar-refractivity contribution in [3.05, 3.63) is 29.8 Å². The Balaban J connectivity index is 2.83. The fourth-order valence-corrected chi connectivity index (χ4v) is 1.81. The molecule has 0 amide bonds. The van der Waals surface area contributed by atoms with Crippen LogP contribution in [0.4, 0.5) is 5.69 Å². The van der Waals surface area contributed by atoms with Gasteiger partial charge in [0.25, 0.3) is 0 Å². The first-order valence-corrected chi connectivity index (χ1v) is 6.20. The first-order chi connectivity index (χ1) is 8.90. The van der Waals surface area contributed by atoms with Crippen molar-refractivity contribution in [2.24, 2.45) is 5.92 Å². The maximum absolute atomic E-state index is 10.8. The second-order valence-electron chi connectivity index (χ2n) is 4.84. The van der Waals surface area contributed by atoms with E-state index in [1.807, 2.05) is 4.90 Å². The van der Waals surface area contributed by atoms with E-state index in [0.717, 1.165) is 12.2 Å². The van der Waals surface area contributed by atoms with Gasteiger partial charge in [0.1, 0.15) is 0 Å². The predicted molar refractivity (Wildman–Crippen MR) is 72.7 cm³/mol. The highest BCUT2D eigenvalue weighted by Crippen LogP contribution is 2.17. The number of hydrogen-bond donors (Lipinski definition) is 2. The SMILES string of the molecule is CC(C)CN(CCC(=O)O)c1ccc(C(=O)O)cc1. The molecule has 0 radical (unpaired) electrons. The number of benzene rings is 1. The van der Waals surface area contributed by atoms with Crippen molar-refractivity contribution < 1.29 is 19.8 Å². The average molecular weight is 265 g/mol. The van der Waals surface area contributed by atoms with E-state index < -0.39 is 11.9 Å². The zero-order chi connectivity index (χ0) is 14.4. The van der Waals surface area contributed by atoms with E-state index in [-0.39, 0.29) is 12.0 Å². The third-order valence-corrected chi connectivity index (χ3v) is 2.66. The van der Waals surface area contributed by atoms with Gasteiger partial charge in [-0.1, -0.05) is 13.8 Å². The maximum Gasteiger partial charge on any atom is 0.335 e. The van der Waals surface area contributed by atoms with Gasteiger partial charge in [0, 0.05) is 18.8 Å². The molecule has 2 N–H and O–H groups in total. The Labute approximate surface area is 112 Å². The van der Waals surface area contributed by atoms with E-state index in [4.69, 9.17) is 10.2 Å². The van der Waals surface area contributed by atoms with Crippen LogP contribution in [0.25, 0.3) is 0 Å². The van der Waals surface area contributed by atoms with Crippen molar-refractivity contribution >= 4 is 17.6 Å². The van der Waals surface area contributed by atoms with E-state index in [1.165, 1.54) is 12.1 Å². The number of carboxylic acid groups (broad SMARTS) is 2. The summed E-state index contributed by atoms with van der Waals surface area (Å²) in [7, 11) is 0. The number of carbonyl (C=O) groups is 2. The average Bonchev–Trinajstić information content (AvgIpc) is 2.34. The van der Waals surface area contributed by atoms with Crippen molar-refractivity contribution in [3.8, 4) is 0 Å². The van der Waals surface area contributed by atoms with Crippen molar-refractivity contribution in [1.29, 1.82) is 0 Å². The number of anilines is 1. The number of rotatable bonds is 7. The van der Waals surface area contributed by atoms with E-state index >= 15 is 0 Å². The van der Waals surface area contributed by atoms with Crippen molar-refractivity contribution in [3.63, 3.8) is 0 Å². The molecule has 104 valence electrons. The molecule has 0 unspecified atom stereocenters. The summed E-state index contributed by atoms with van der Waals surface area (Å²) in [6.45, 7) is 5.26. The molecule has 0 aromatic heterocycles.